The lowest BCUT2D eigenvalue weighted by atomic mass is 9.97. The molecule has 10 heteroatoms. The van der Waals surface area contributed by atoms with E-state index in [1.54, 1.807) is 34.2 Å². The minimum atomic E-state index is -0.335. The number of carbonyl (C=O) groups excluding carboxylic acids is 1. The highest BCUT2D eigenvalue weighted by atomic mass is 32.1. The number of carbonyl (C=O) groups is 1. The Hall–Kier alpha value is -3.37. The summed E-state index contributed by atoms with van der Waals surface area (Å²) in [6.45, 7) is 0.232. The third-order valence-electron chi connectivity index (χ3n) is 6.16. The highest BCUT2D eigenvalue weighted by molar-refractivity contribution is 7.18. The van der Waals surface area contributed by atoms with Crippen molar-refractivity contribution in [1.29, 1.82) is 0 Å². The molecule has 0 spiro atoms. The first-order valence-corrected chi connectivity index (χ1v) is 12.8. The number of hydrogen-bond donors (Lipinski definition) is 1. The first-order chi connectivity index (χ1) is 16.6. The van der Waals surface area contributed by atoms with Gasteiger partial charge in [-0.1, -0.05) is 0 Å². The van der Waals surface area contributed by atoms with E-state index in [4.69, 9.17) is 0 Å². The number of nitrogens with one attached hydrogen (secondary N) is 1. The van der Waals surface area contributed by atoms with Gasteiger partial charge in [0.2, 0.25) is 5.91 Å². The summed E-state index contributed by atoms with van der Waals surface area (Å²) in [5.74, 6) is -0.0466. The maximum Gasteiger partial charge on any atom is 0.262 e. The van der Waals surface area contributed by atoms with Crippen LogP contribution in [-0.4, -0.2) is 24.8 Å². The minimum Gasteiger partial charge on any atom is -0.310 e. The molecule has 0 saturated carbocycles. The number of rotatable bonds is 5. The number of benzene rings is 1. The highest BCUT2D eigenvalue weighted by Gasteiger charge is 2.21. The molecule has 7 nitrogen and oxygen atoms in total. The van der Waals surface area contributed by atoms with E-state index < -0.39 is 0 Å². The van der Waals surface area contributed by atoms with Crippen LogP contribution in [0.3, 0.4) is 0 Å². The van der Waals surface area contributed by atoms with Crippen molar-refractivity contribution in [2.75, 3.05) is 5.32 Å². The molecule has 4 aromatic heterocycles. The van der Waals surface area contributed by atoms with Crippen molar-refractivity contribution in [1.82, 2.24) is 18.9 Å². The van der Waals surface area contributed by atoms with Gasteiger partial charge in [-0.3, -0.25) is 18.6 Å². The van der Waals surface area contributed by atoms with Gasteiger partial charge in [0.25, 0.3) is 5.56 Å². The predicted octanol–water partition coefficient (Wildman–Crippen LogP) is 4.88. The zero-order chi connectivity index (χ0) is 23.2. The average Bonchev–Trinajstić information content (AvgIpc) is 3.53. The van der Waals surface area contributed by atoms with Gasteiger partial charge in [0.05, 0.1) is 11.7 Å². The van der Waals surface area contributed by atoms with Gasteiger partial charge in [-0.25, -0.2) is 14.4 Å². The van der Waals surface area contributed by atoms with E-state index in [0.29, 0.717) is 17.1 Å². The number of thiazole rings is 1. The van der Waals surface area contributed by atoms with Crippen LogP contribution in [0.4, 0.5) is 10.2 Å². The number of anilines is 1. The Labute approximate surface area is 201 Å². The number of nitrogens with zero attached hydrogens (tertiary/aromatic N) is 4. The Kier molecular flexibility index (Phi) is 5.26. The molecule has 0 unspecified atom stereocenters. The SMILES string of the molecule is O=C(CCn1cnc2sc3c(c2c1=O)CCCC3)Nc1c(-c2ccc(F)cc2)nc2sccn12. The van der Waals surface area contributed by atoms with E-state index in [0.717, 1.165) is 46.4 Å². The van der Waals surface area contributed by atoms with Crippen LogP contribution in [0.2, 0.25) is 0 Å². The summed E-state index contributed by atoms with van der Waals surface area (Å²) in [6, 6.07) is 6.01. The molecule has 172 valence electrons. The lowest BCUT2D eigenvalue weighted by Gasteiger charge is -2.11. The second-order valence-electron chi connectivity index (χ2n) is 8.30. The number of aromatic nitrogens is 4. The lowest BCUT2D eigenvalue weighted by Crippen LogP contribution is -2.24. The van der Waals surface area contributed by atoms with Crippen molar-refractivity contribution in [2.45, 2.75) is 38.6 Å². The van der Waals surface area contributed by atoms with Crippen molar-refractivity contribution in [2.24, 2.45) is 0 Å². The summed E-state index contributed by atoms with van der Waals surface area (Å²) < 4.78 is 16.7. The second kappa shape index (κ2) is 8.44. The third-order valence-corrected chi connectivity index (χ3v) is 8.12. The summed E-state index contributed by atoms with van der Waals surface area (Å²) in [7, 11) is 0. The fourth-order valence-corrected chi connectivity index (χ4v) is 6.40. The van der Waals surface area contributed by atoms with Crippen LogP contribution < -0.4 is 10.9 Å². The van der Waals surface area contributed by atoms with Crippen molar-refractivity contribution in [3.63, 3.8) is 0 Å². The maximum atomic E-state index is 13.4. The number of fused-ring (bicyclic) bond motifs is 4. The van der Waals surface area contributed by atoms with Gasteiger partial charge < -0.3 is 5.32 Å². The van der Waals surface area contributed by atoms with Gasteiger partial charge in [0, 0.05) is 35.0 Å². The van der Waals surface area contributed by atoms with Crippen LogP contribution in [0.25, 0.3) is 26.4 Å². The molecule has 0 radical (unpaired) electrons. The van der Waals surface area contributed by atoms with E-state index in [1.807, 2.05) is 11.6 Å². The number of imidazole rings is 1. The fraction of sp³-hybridized carbons (Fsp3) is 0.250. The van der Waals surface area contributed by atoms with Crippen LogP contribution in [0.1, 0.15) is 29.7 Å². The van der Waals surface area contributed by atoms with Crippen molar-refractivity contribution >= 4 is 49.6 Å². The summed E-state index contributed by atoms with van der Waals surface area (Å²) in [6.07, 6.45) is 7.66. The largest absolute Gasteiger partial charge is 0.310 e. The molecule has 34 heavy (non-hydrogen) atoms. The Balaban J connectivity index is 1.25. The van der Waals surface area contributed by atoms with Gasteiger partial charge >= 0.3 is 0 Å². The molecule has 1 aromatic carbocycles. The molecule has 0 saturated heterocycles. The smallest absolute Gasteiger partial charge is 0.262 e. The Morgan fingerprint density at radius 2 is 2.00 bits per heavy atom. The van der Waals surface area contributed by atoms with Gasteiger partial charge in [0.15, 0.2) is 4.96 Å². The topological polar surface area (TPSA) is 81.3 Å². The molecule has 1 amide bonds. The van der Waals surface area contributed by atoms with Crippen LogP contribution in [0.15, 0.2) is 47.0 Å². The van der Waals surface area contributed by atoms with Gasteiger partial charge in [-0.2, -0.15) is 0 Å². The van der Waals surface area contributed by atoms with Crippen LogP contribution in [0.5, 0.6) is 0 Å². The highest BCUT2D eigenvalue weighted by Crippen LogP contribution is 2.33. The Bertz CT molecular complexity index is 1600. The van der Waals surface area contributed by atoms with Gasteiger partial charge in [-0.15, -0.1) is 22.7 Å². The molecule has 5 aromatic rings. The molecule has 1 aliphatic carbocycles. The monoisotopic (exact) mass is 493 g/mol. The zero-order valence-electron chi connectivity index (χ0n) is 18.1. The summed E-state index contributed by atoms with van der Waals surface area (Å²) in [5.41, 5.74) is 2.35. The number of amides is 1. The molecule has 4 heterocycles. The Morgan fingerprint density at radius 1 is 1.18 bits per heavy atom. The van der Waals surface area contributed by atoms with E-state index in [2.05, 4.69) is 15.3 Å². The van der Waals surface area contributed by atoms with Crippen molar-refractivity contribution in [3.05, 3.63) is 68.8 Å². The second-order valence-corrected chi connectivity index (χ2v) is 10.3. The standard InChI is InChI=1S/C24H20FN5O2S2/c25-15-7-5-14(6-8-15)20-21(30-11-12-33-24(30)28-20)27-18(31)9-10-29-13-26-22-19(23(29)32)16-3-1-2-4-17(16)34-22/h5-8,11-13H,1-4,9-10H2,(H,27,31). The summed E-state index contributed by atoms with van der Waals surface area (Å²) in [5, 5.41) is 5.55. The van der Waals surface area contributed by atoms with Crippen LogP contribution >= 0.6 is 22.7 Å². The summed E-state index contributed by atoms with van der Waals surface area (Å²) in [4.78, 5) is 38.0. The maximum absolute atomic E-state index is 13.4. The molecule has 6 rings (SSSR count). The Morgan fingerprint density at radius 3 is 2.85 bits per heavy atom. The van der Waals surface area contributed by atoms with E-state index >= 15 is 0 Å². The van der Waals surface area contributed by atoms with Crippen LogP contribution in [0, 0.1) is 5.82 Å². The molecule has 0 atom stereocenters. The lowest BCUT2D eigenvalue weighted by molar-refractivity contribution is -0.116. The first-order valence-electron chi connectivity index (χ1n) is 11.1. The molecular weight excluding hydrogens is 473 g/mol. The normalized spacial score (nSPS) is 13.4. The zero-order valence-corrected chi connectivity index (χ0v) is 19.7. The molecule has 0 bridgehead atoms. The molecule has 0 fully saturated rings. The summed E-state index contributed by atoms with van der Waals surface area (Å²) >= 11 is 3.06. The predicted molar refractivity (Wildman–Crippen MR) is 132 cm³/mol. The van der Waals surface area contributed by atoms with Crippen molar-refractivity contribution < 1.29 is 9.18 Å². The number of halogens is 1. The molecule has 1 aliphatic rings. The number of hydrogen-bond acceptors (Lipinski definition) is 6. The van der Waals surface area contributed by atoms with Gasteiger partial charge in [0.1, 0.15) is 22.2 Å². The third kappa shape index (κ3) is 3.63. The number of aryl methyl sites for hydroxylation is 3. The molecule has 0 aliphatic heterocycles. The van der Waals surface area contributed by atoms with Crippen molar-refractivity contribution in [3.8, 4) is 11.3 Å². The average molecular weight is 494 g/mol. The van der Waals surface area contributed by atoms with E-state index in [-0.39, 0.29) is 30.2 Å². The first kappa shape index (κ1) is 21.2. The van der Waals surface area contributed by atoms with Gasteiger partial charge in [-0.05, 0) is 55.5 Å². The van der Waals surface area contributed by atoms with E-state index in [1.165, 1.54) is 32.9 Å². The minimum absolute atomic E-state index is 0.0752. The number of thiophene rings is 1. The molecule has 1 N–H and O–H groups in total. The van der Waals surface area contributed by atoms with Crippen LogP contribution in [-0.2, 0) is 24.2 Å². The fourth-order valence-electron chi connectivity index (χ4n) is 4.47. The molecular formula is C24H20FN5O2S2. The quantitative estimate of drug-likeness (QED) is 0.378. The van der Waals surface area contributed by atoms with E-state index in [9.17, 15) is 14.0 Å².